The fourth-order valence-corrected chi connectivity index (χ4v) is 1.18. The Morgan fingerprint density at radius 1 is 1.06 bits per heavy atom. The Morgan fingerprint density at radius 2 is 1.44 bits per heavy atom. The van der Waals surface area contributed by atoms with Crippen LogP contribution in [0, 0.1) is 26.9 Å². The Hall–Kier alpha value is -1.07. The molecule has 18 heavy (non-hydrogen) atoms. The van der Waals surface area contributed by atoms with E-state index in [4.69, 9.17) is 14.0 Å². The van der Waals surface area contributed by atoms with Gasteiger partial charge < -0.3 is 5.11 Å². The van der Waals surface area contributed by atoms with Crippen LogP contribution in [0.4, 0.5) is 0 Å². The van der Waals surface area contributed by atoms with Gasteiger partial charge in [0.1, 0.15) is 0 Å². The molecule has 1 aromatic carbocycles. The van der Waals surface area contributed by atoms with E-state index in [-0.39, 0.29) is 23.5 Å². The summed E-state index contributed by atoms with van der Waals surface area (Å²) in [4.78, 5) is 0. The fraction of sp³-hybridized carbons (Fsp3) is 0.308. The van der Waals surface area contributed by atoms with Crippen molar-refractivity contribution >= 4 is 0 Å². The van der Waals surface area contributed by atoms with Crippen molar-refractivity contribution in [2.24, 2.45) is 0 Å². The molecule has 0 fully saturated rings. The van der Waals surface area contributed by atoms with Gasteiger partial charge in [-0.05, 0) is 24.5 Å². The number of hydrogen-bond donors (Lipinski definition) is 1. The predicted octanol–water partition coefficient (Wildman–Crippen LogP) is 2.32. The molecular formula is C13H14CrO4. The van der Waals surface area contributed by atoms with Gasteiger partial charge in [-0.1, -0.05) is 31.2 Å². The third kappa shape index (κ3) is 11.4. The van der Waals surface area contributed by atoms with E-state index >= 15 is 0 Å². The summed E-state index contributed by atoms with van der Waals surface area (Å²) in [6.45, 7) is 17.5. The van der Waals surface area contributed by atoms with Crippen molar-refractivity contribution in [3.8, 4) is 0 Å². The number of benzene rings is 1. The van der Waals surface area contributed by atoms with Crippen LogP contribution in [0.25, 0.3) is 0 Å². The molecule has 0 aliphatic carbocycles. The maximum atomic E-state index is 9.51. The maximum Gasteiger partial charge on any atom is 0 e. The van der Waals surface area contributed by atoms with Gasteiger partial charge in [-0.15, -0.1) is 0 Å². The van der Waals surface area contributed by atoms with Crippen LogP contribution in [0.15, 0.2) is 24.3 Å². The summed E-state index contributed by atoms with van der Waals surface area (Å²) in [6, 6.07) is 7.94. The maximum absolute atomic E-state index is 9.51. The van der Waals surface area contributed by atoms with Crippen LogP contribution in [0.3, 0.4) is 0 Å². The molecular weight excluding hydrogens is 272 g/mol. The number of aliphatic hydroxyl groups is 1. The van der Waals surface area contributed by atoms with Gasteiger partial charge in [-0.2, -0.15) is 0 Å². The third-order valence-electron chi connectivity index (χ3n) is 1.93. The third-order valence-corrected chi connectivity index (χ3v) is 1.93. The van der Waals surface area contributed by atoms with Crippen LogP contribution >= 0.6 is 0 Å². The van der Waals surface area contributed by atoms with Crippen LogP contribution in [0.2, 0.25) is 0 Å². The first kappa shape index (κ1) is 25.7. The van der Waals surface area contributed by atoms with E-state index in [0.29, 0.717) is 0 Å². The number of hydrogen-bond acceptors (Lipinski definition) is 1. The molecule has 0 amide bonds. The molecule has 1 N–H and O–H groups in total. The minimum atomic E-state index is -0.295. The standard InChI is InChI=1S/C10H14O.3CO.Cr/c1-3-10(11)9-7-5-4-6-8(9)2;3*1-2;/h4-7,10-11H,3H2,1-2H3;;;;/t10-;;;;/m0..../s1. The Labute approximate surface area is 118 Å². The van der Waals surface area contributed by atoms with Crippen molar-refractivity contribution in [3.63, 3.8) is 0 Å². The predicted molar refractivity (Wildman–Crippen MR) is 58.2 cm³/mol. The van der Waals surface area contributed by atoms with Crippen molar-refractivity contribution in [3.05, 3.63) is 55.3 Å². The Bertz CT molecular complexity index is 330. The number of aryl methyl sites for hydroxylation is 1. The Balaban J connectivity index is -0.000000123. The molecule has 4 nitrogen and oxygen atoms in total. The summed E-state index contributed by atoms with van der Waals surface area (Å²) in [5.41, 5.74) is 2.22. The molecule has 0 bridgehead atoms. The van der Waals surface area contributed by atoms with Crippen molar-refractivity contribution < 1.29 is 36.4 Å². The van der Waals surface area contributed by atoms with Crippen LogP contribution in [-0.4, -0.2) is 5.11 Å². The quantitative estimate of drug-likeness (QED) is 0.657. The second-order valence-electron chi connectivity index (χ2n) is 2.78. The van der Waals surface area contributed by atoms with Gasteiger partial charge in [0.25, 0.3) is 0 Å². The summed E-state index contributed by atoms with van der Waals surface area (Å²) < 4.78 is 22.5. The summed E-state index contributed by atoms with van der Waals surface area (Å²) >= 11 is 0. The Kier molecular flexibility index (Phi) is 30.3. The molecule has 0 radical (unpaired) electrons. The van der Waals surface area contributed by atoms with Crippen molar-refractivity contribution in [2.45, 2.75) is 26.4 Å². The SMILES string of the molecule is CC[C@H](O)c1ccccc1C.[C-]#[O+].[C-]#[O+].[C-]#[O+].[Cr]. The van der Waals surface area contributed by atoms with Gasteiger partial charge in [0.2, 0.25) is 0 Å². The molecule has 0 saturated heterocycles. The van der Waals surface area contributed by atoms with E-state index in [0.717, 1.165) is 12.0 Å². The molecule has 96 valence electrons. The second-order valence-corrected chi connectivity index (χ2v) is 2.78. The molecule has 5 heteroatoms. The molecule has 0 aromatic heterocycles. The number of aliphatic hydroxyl groups excluding tert-OH is 1. The van der Waals surface area contributed by atoms with E-state index in [9.17, 15) is 5.11 Å². The first-order valence-electron chi connectivity index (χ1n) is 4.60. The van der Waals surface area contributed by atoms with Crippen LogP contribution in [0.5, 0.6) is 0 Å². The van der Waals surface area contributed by atoms with Gasteiger partial charge in [-0.25, -0.2) is 0 Å². The van der Waals surface area contributed by atoms with Gasteiger partial charge in [0.15, 0.2) is 0 Å². The van der Waals surface area contributed by atoms with E-state index in [1.54, 1.807) is 0 Å². The summed E-state index contributed by atoms with van der Waals surface area (Å²) in [5.74, 6) is 0. The average Bonchev–Trinajstić information content (AvgIpc) is 2.45. The van der Waals surface area contributed by atoms with E-state index in [1.165, 1.54) is 5.56 Å². The van der Waals surface area contributed by atoms with Crippen molar-refractivity contribution in [1.29, 1.82) is 0 Å². The van der Waals surface area contributed by atoms with Crippen molar-refractivity contribution in [1.82, 2.24) is 0 Å². The van der Waals surface area contributed by atoms with Crippen LogP contribution in [-0.2, 0) is 31.3 Å². The zero-order valence-electron chi connectivity index (χ0n) is 10.2. The molecule has 0 aliphatic heterocycles. The summed E-state index contributed by atoms with van der Waals surface area (Å²) in [6.07, 6.45) is 0.487. The smallest absolute Gasteiger partial charge is 0 e. The first-order chi connectivity index (χ1) is 8.25. The monoisotopic (exact) mass is 286 g/mol. The largest absolute Gasteiger partial charge is 0 e. The molecule has 0 saturated carbocycles. The first-order valence-corrected chi connectivity index (χ1v) is 4.60. The van der Waals surface area contributed by atoms with Crippen LogP contribution in [0.1, 0.15) is 30.6 Å². The fourth-order valence-electron chi connectivity index (χ4n) is 1.18. The minimum absolute atomic E-state index is 0. The van der Waals surface area contributed by atoms with Crippen molar-refractivity contribution in [2.75, 3.05) is 0 Å². The zero-order chi connectivity index (χ0) is 14.3. The minimum Gasteiger partial charge on any atom is 0 e. The summed E-state index contributed by atoms with van der Waals surface area (Å²) in [7, 11) is 0. The van der Waals surface area contributed by atoms with Gasteiger partial charge in [0, 0.05) is 17.4 Å². The van der Waals surface area contributed by atoms with E-state index < -0.39 is 0 Å². The van der Waals surface area contributed by atoms with E-state index in [2.05, 4.69) is 20.0 Å². The number of rotatable bonds is 2. The molecule has 0 aliphatic rings. The summed E-state index contributed by atoms with van der Waals surface area (Å²) in [5, 5.41) is 9.51. The zero-order valence-corrected chi connectivity index (χ0v) is 11.4. The Morgan fingerprint density at radius 3 is 1.78 bits per heavy atom. The molecule has 1 atom stereocenters. The molecule has 0 unspecified atom stereocenters. The van der Waals surface area contributed by atoms with Gasteiger partial charge in [0.05, 0.1) is 6.10 Å². The van der Waals surface area contributed by atoms with Gasteiger partial charge >= 0.3 is 33.9 Å². The van der Waals surface area contributed by atoms with E-state index in [1.807, 2.05) is 38.1 Å². The van der Waals surface area contributed by atoms with Gasteiger partial charge in [-0.3, -0.25) is 0 Å². The average molecular weight is 286 g/mol. The second kappa shape index (κ2) is 21.2. The molecule has 1 rings (SSSR count). The molecule has 1 aromatic rings. The molecule has 0 spiro atoms. The topological polar surface area (TPSA) is 79.9 Å². The normalized spacial score (nSPS) is 8.28. The molecule has 0 heterocycles. The van der Waals surface area contributed by atoms with Crippen LogP contribution < -0.4 is 0 Å².